The smallest absolute Gasteiger partial charge is 0.0420 e. The molecule has 1 unspecified atom stereocenters. The molecule has 0 aliphatic heterocycles. The van der Waals surface area contributed by atoms with Gasteiger partial charge in [-0.05, 0) is 67.6 Å². The Morgan fingerprint density at radius 1 is 1.05 bits per heavy atom. The second-order valence-electron chi connectivity index (χ2n) is 5.39. The standard InChI is InChI=1S/C17H19BrClN/c1-10-4-11(2)16(12(3)5-10)9-17(20)13-6-14(18)8-15(19)7-13/h4-8,17H,9,20H2,1-3H3. The molecule has 0 aliphatic carbocycles. The van der Waals surface area contributed by atoms with Crippen molar-refractivity contribution in [1.29, 1.82) is 0 Å². The summed E-state index contributed by atoms with van der Waals surface area (Å²) < 4.78 is 0.966. The van der Waals surface area contributed by atoms with E-state index in [-0.39, 0.29) is 6.04 Å². The summed E-state index contributed by atoms with van der Waals surface area (Å²) in [5, 5.41) is 0.710. The average molecular weight is 353 g/mol. The Labute approximate surface area is 134 Å². The van der Waals surface area contributed by atoms with Crippen molar-refractivity contribution in [3.05, 3.63) is 67.6 Å². The van der Waals surface area contributed by atoms with Gasteiger partial charge in [-0.3, -0.25) is 0 Å². The summed E-state index contributed by atoms with van der Waals surface area (Å²) in [7, 11) is 0. The van der Waals surface area contributed by atoms with Gasteiger partial charge < -0.3 is 5.73 Å². The van der Waals surface area contributed by atoms with E-state index >= 15 is 0 Å². The molecule has 2 aromatic carbocycles. The Balaban J connectivity index is 2.30. The molecule has 3 heteroatoms. The molecule has 106 valence electrons. The third kappa shape index (κ3) is 3.63. The van der Waals surface area contributed by atoms with Gasteiger partial charge in [0.1, 0.15) is 0 Å². The molecule has 2 aromatic rings. The summed E-state index contributed by atoms with van der Waals surface area (Å²) in [6.07, 6.45) is 0.824. The highest BCUT2D eigenvalue weighted by Gasteiger charge is 2.12. The van der Waals surface area contributed by atoms with E-state index in [0.717, 1.165) is 16.5 Å². The van der Waals surface area contributed by atoms with Crippen molar-refractivity contribution in [3.8, 4) is 0 Å². The molecule has 0 bridgehead atoms. The van der Waals surface area contributed by atoms with Gasteiger partial charge in [0, 0.05) is 15.5 Å². The molecule has 2 N–H and O–H groups in total. The second kappa shape index (κ2) is 6.30. The minimum Gasteiger partial charge on any atom is -0.324 e. The Morgan fingerprint density at radius 3 is 2.20 bits per heavy atom. The molecule has 1 atom stereocenters. The van der Waals surface area contributed by atoms with Crippen LogP contribution in [0.5, 0.6) is 0 Å². The zero-order chi connectivity index (χ0) is 14.9. The first-order chi connectivity index (χ1) is 9.36. The van der Waals surface area contributed by atoms with E-state index < -0.39 is 0 Å². The number of aryl methyl sites for hydroxylation is 3. The van der Waals surface area contributed by atoms with Crippen LogP contribution in [0.15, 0.2) is 34.8 Å². The summed E-state index contributed by atoms with van der Waals surface area (Å²) in [6, 6.07) is 10.2. The van der Waals surface area contributed by atoms with Crippen molar-refractivity contribution in [3.63, 3.8) is 0 Å². The van der Waals surface area contributed by atoms with Crippen LogP contribution in [0.2, 0.25) is 5.02 Å². The Hall–Kier alpha value is -0.830. The SMILES string of the molecule is Cc1cc(C)c(CC(N)c2cc(Cl)cc(Br)c2)c(C)c1. The quantitative estimate of drug-likeness (QED) is 0.800. The van der Waals surface area contributed by atoms with Crippen molar-refractivity contribution in [2.24, 2.45) is 5.73 Å². The predicted octanol–water partition coefficient (Wildman–Crippen LogP) is 5.27. The third-order valence-electron chi connectivity index (χ3n) is 3.58. The zero-order valence-corrected chi connectivity index (χ0v) is 14.3. The van der Waals surface area contributed by atoms with Crippen LogP contribution in [0.3, 0.4) is 0 Å². The first kappa shape index (κ1) is 15.6. The molecule has 0 aromatic heterocycles. The largest absolute Gasteiger partial charge is 0.324 e. The highest BCUT2D eigenvalue weighted by atomic mass is 79.9. The van der Waals surface area contributed by atoms with E-state index in [1.165, 1.54) is 22.3 Å². The maximum Gasteiger partial charge on any atom is 0.0420 e. The number of nitrogens with two attached hydrogens (primary N) is 1. The maximum absolute atomic E-state index is 6.36. The lowest BCUT2D eigenvalue weighted by atomic mass is 9.92. The van der Waals surface area contributed by atoms with Crippen LogP contribution in [0.1, 0.15) is 33.9 Å². The lowest BCUT2D eigenvalue weighted by Crippen LogP contribution is -2.15. The van der Waals surface area contributed by atoms with Crippen molar-refractivity contribution < 1.29 is 0 Å². The molecule has 20 heavy (non-hydrogen) atoms. The molecule has 0 saturated carbocycles. The summed E-state index contributed by atoms with van der Waals surface area (Å²) in [4.78, 5) is 0. The highest BCUT2D eigenvalue weighted by Crippen LogP contribution is 2.27. The van der Waals surface area contributed by atoms with Crippen LogP contribution in [-0.2, 0) is 6.42 Å². The third-order valence-corrected chi connectivity index (χ3v) is 4.25. The van der Waals surface area contributed by atoms with Crippen molar-refractivity contribution in [2.75, 3.05) is 0 Å². The Morgan fingerprint density at radius 2 is 1.65 bits per heavy atom. The lowest BCUT2D eigenvalue weighted by Gasteiger charge is -2.17. The van der Waals surface area contributed by atoms with E-state index in [2.05, 4.69) is 48.8 Å². The molecule has 0 heterocycles. The van der Waals surface area contributed by atoms with Crippen molar-refractivity contribution in [1.82, 2.24) is 0 Å². The number of rotatable bonds is 3. The van der Waals surface area contributed by atoms with Gasteiger partial charge in [-0.25, -0.2) is 0 Å². The molecule has 2 rings (SSSR count). The molecule has 0 radical (unpaired) electrons. The summed E-state index contributed by atoms with van der Waals surface area (Å²) >= 11 is 9.56. The molecular formula is C17H19BrClN. The van der Waals surface area contributed by atoms with E-state index in [1.54, 1.807) is 0 Å². The molecule has 0 aliphatic rings. The van der Waals surface area contributed by atoms with Gasteiger partial charge in [0.25, 0.3) is 0 Å². The molecule has 0 spiro atoms. The van der Waals surface area contributed by atoms with E-state index in [1.807, 2.05) is 18.2 Å². The first-order valence-electron chi connectivity index (χ1n) is 6.65. The van der Waals surface area contributed by atoms with Crippen LogP contribution in [0.4, 0.5) is 0 Å². The van der Waals surface area contributed by atoms with Gasteiger partial charge in [0.15, 0.2) is 0 Å². The first-order valence-corrected chi connectivity index (χ1v) is 7.82. The topological polar surface area (TPSA) is 26.0 Å². The summed E-state index contributed by atoms with van der Waals surface area (Å²) in [5.41, 5.74) is 12.7. The fraction of sp³-hybridized carbons (Fsp3) is 0.294. The van der Waals surface area contributed by atoms with E-state index in [4.69, 9.17) is 17.3 Å². The van der Waals surface area contributed by atoms with Gasteiger partial charge >= 0.3 is 0 Å². The molecule has 0 fully saturated rings. The van der Waals surface area contributed by atoms with Gasteiger partial charge in [-0.2, -0.15) is 0 Å². The van der Waals surface area contributed by atoms with Crippen LogP contribution in [-0.4, -0.2) is 0 Å². The van der Waals surface area contributed by atoms with Crippen LogP contribution < -0.4 is 5.73 Å². The summed E-state index contributed by atoms with van der Waals surface area (Å²) in [6.45, 7) is 6.42. The number of hydrogen-bond donors (Lipinski definition) is 1. The Bertz CT molecular complexity index is 594. The molecule has 1 nitrogen and oxygen atoms in total. The second-order valence-corrected chi connectivity index (χ2v) is 6.74. The fourth-order valence-corrected chi connectivity index (χ4v) is 3.55. The van der Waals surface area contributed by atoms with Crippen molar-refractivity contribution in [2.45, 2.75) is 33.2 Å². The zero-order valence-electron chi connectivity index (χ0n) is 12.0. The highest BCUT2D eigenvalue weighted by molar-refractivity contribution is 9.10. The fourth-order valence-electron chi connectivity index (χ4n) is 2.66. The number of halogens is 2. The summed E-state index contributed by atoms with van der Waals surface area (Å²) in [5.74, 6) is 0. The molecule has 0 amide bonds. The predicted molar refractivity (Wildman–Crippen MR) is 90.4 cm³/mol. The normalized spacial score (nSPS) is 12.5. The number of benzene rings is 2. The monoisotopic (exact) mass is 351 g/mol. The van der Waals surface area contributed by atoms with E-state index in [0.29, 0.717) is 5.02 Å². The molecular weight excluding hydrogens is 334 g/mol. The van der Waals surface area contributed by atoms with E-state index in [9.17, 15) is 0 Å². The van der Waals surface area contributed by atoms with Crippen molar-refractivity contribution >= 4 is 27.5 Å². The molecule has 0 saturated heterocycles. The maximum atomic E-state index is 6.36. The van der Waals surface area contributed by atoms with Gasteiger partial charge in [-0.1, -0.05) is 45.2 Å². The van der Waals surface area contributed by atoms with Gasteiger partial charge in [0.2, 0.25) is 0 Å². The van der Waals surface area contributed by atoms with Gasteiger partial charge in [0.05, 0.1) is 0 Å². The Kier molecular flexibility index (Phi) is 4.90. The van der Waals surface area contributed by atoms with Crippen LogP contribution in [0.25, 0.3) is 0 Å². The van der Waals surface area contributed by atoms with Crippen LogP contribution in [0, 0.1) is 20.8 Å². The lowest BCUT2D eigenvalue weighted by molar-refractivity contribution is 0.715. The number of hydrogen-bond acceptors (Lipinski definition) is 1. The minimum atomic E-state index is -0.0508. The minimum absolute atomic E-state index is 0.0508. The van der Waals surface area contributed by atoms with Gasteiger partial charge in [-0.15, -0.1) is 0 Å². The average Bonchev–Trinajstić information content (AvgIpc) is 2.32. The van der Waals surface area contributed by atoms with Crippen LogP contribution >= 0.6 is 27.5 Å².